The Morgan fingerprint density at radius 1 is 0.964 bits per heavy atom. The largest absolute Gasteiger partial charge is 0.417 e. The third-order valence-corrected chi connectivity index (χ3v) is 5.15. The maximum absolute atomic E-state index is 13.3. The van der Waals surface area contributed by atoms with Crippen LogP contribution in [0.25, 0.3) is 11.3 Å². The number of benzene rings is 1. The van der Waals surface area contributed by atoms with E-state index in [1.807, 2.05) is 0 Å². The summed E-state index contributed by atoms with van der Waals surface area (Å²) in [5, 5.41) is -0.428. The number of hydrogen-bond acceptors (Lipinski definition) is 5. The highest BCUT2D eigenvalue weighted by Crippen LogP contribution is 2.39. The van der Waals surface area contributed by atoms with Crippen LogP contribution in [0, 0.1) is 0 Å². The Bertz CT molecular complexity index is 1140. The first kappa shape index (κ1) is 19.9. The lowest BCUT2D eigenvalue weighted by molar-refractivity contribution is -0.137. The Kier molecular flexibility index (Phi) is 5.18. The predicted molar refractivity (Wildman–Crippen MR) is 99.1 cm³/mol. The molecular formula is C17H12ClF3N4O2S. The highest BCUT2D eigenvalue weighted by molar-refractivity contribution is 7.92. The normalized spacial score (nSPS) is 12.0. The van der Waals surface area contributed by atoms with Gasteiger partial charge in [-0.1, -0.05) is 35.9 Å². The highest BCUT2D eigenvalue weighted by atomic mass is 35.5. The van der Waals surface area contributed by atoms with Gasteiger partial charge in [-0.15, -0.1) is 0 Å². The Morgan fingerprint density at radius 2 is 1.68 bits per heavy atom. The predicted octanol–water partition coefficient (Wildman–Crippen LogP) is 4.20. The molecule has 146 valence electrons. The molecule has 6 nitrogen and oxygen atoms in total. The quantitative estimate of drug-likeness (QED) is 0.649. The van der Waals surface area contributed by atoms with Gasteiger partial charge in [0, 0.05) is 5.56 Å². The van der Waals surface area contributed by atoms with Crippen molar-refractivity contribution >= 4 is 33.3 Å². The molecule has 0 fully saturated rings. The Hall–Kier alpha value is -2.85. The maximum atomic E-state index is 13.3. The van der Waals surface area contributed by atoms with Gasteiger partial charge in [-0.3, -0.25) is 4.72 Å². The van der Waals surface area contributed by atoms with E-state index in [4.69, 9.17) is 17.3 Å². The van der Waals surface area contributed by atoms with E-state index in [1.165, 1.54) is 48.5 Å². The number of rotatable bonds is 4. The van der Waals surface area contributed by atoms with E-state index in [-0.39, 0.29) is 32.9 Å². The third-order valence-electron chi connectivity index (χ3n) is 3.59. The molecule has 3 aromatic rings. The van der Waals surface area contributed by atoms with E-state index < -0.39 is 21.8 Å². The highest BCUT2D eigenvalue weighted by Gasteiger charge is 2.34. The fraction of sp³-hybridized carbons (Fsp3) is 0.0588. The molecule has 0 atom stereocenters. The second-order valence-electron chi connectivity index (χ2n) is 5.58. The summed E-state index contributed by atoms with van der Waals surface area (Å²) in [5.41, 5.74) is 4.05. The summed E-state index contributed by atoms with van der Waals surface area (Å²) in [7, 11) is -4.16. The van der Waals surface area contributed by atoms with Crippen molar-refractivity contribution in [1.29, 1.82) is 0 Å². The molecule has 0 spiro atoms. The van der Waals surface area contributed by atoms with Crippen LogP contribution in [0.1, 0.15) is 5.56 Å². The zero-order chi connectivity index (χ0) is 20.5. The lowest BCUT2D eigenvalue weighted by atomic mass is 10.0. The number of sulfonamides is 1. The number of pyridine rings is 2. The topological polar surface area (TPSA) is 98.0 Å². The van der Waals surface area contributed by atoms with Gasteiger partial charge >= 0.3 is 6.18 Å². The average molecular weight is 429 g/mol. The van der Waals surface area contributed by atoms with Crippen LogP contribution in [0.4, 0.5) is 24.8 Å². The van der Waals surface area contributed by atoms with Crippen LogP contribution in [0.3, 0.4) is 0 Å². The van der Waals surface area contributed by atoms with Crippen LogP contribution >= 0.6 is 11.6 Å². The van der Waals surface area contributed by atoms with E-state index in [1.54, 1.807) is 0 Å². The zero-order valence-electron chi connectivity index (χ0n) is 13.9. The minimum atomic E-state index is -4.64. The summed E-state index contributed by atoms with van der Waals surface area (Å²) in [5.74, 6) is -0.229. The number of alkyl halides is 3. The van der Waals surface area contributed by atoms with Gasteiger partial charge in [0.2, 0.25) is 0 Å². The van der Waals surface area contributed by atoms with Crippen molar-refractivity contribution in [2.75, 3.05) is 10.5 Å². The van der Waals surface area contributed by atoms with Gasteiger partial charge in [0.1, 0.15) is 11.6 Å². The van der Waals surface area contributed by atoms with Crippen LogP contribution in [-0.2, 0) is 16.2 Å². The number of halogens is 4. The van der Waals surface area contributed by atoms with Gasteiger partial charge in [-0.25, -0.2) is 9.97 Å². The van der Waals surface area contributed by atoms with Crippen LogP contribution in [0.15, 0.2) is 59.6 Å². The van der Waals surface area contributed by atoms with E-state index >= 15 is 0 Å². The number of anilines is 2. The Balaban J connectivity index is 2.04. The molecule has 2 aromatic heterocycles. The summed E-state index contributed by atoms with van der Waals surface area (Å²) < 4.78 is 66.9. The molecule has 28 heavy (non-hydrogen) atoms. The van der Waals surface area contributed by atoms with Crippen LogP contribution in [0.2, 0.25) is 5.02 Å². The minimum absolute atomic E-state index is 0.00765. The van der Waals surface area contributed by atoms with Gasteiger partial charge < -0.3 is 5.73 Å². The number of nitrogens with two attached hydrogens (primary N) is 1. The minimum Gasteiger partial charge on any atom is -0.384 e. The smallest absolute Gasteiger partial charge is 0.384 e. The van der Waals surface area contributed by atoms with Gasteiger partial charge in [0.05, 0.1) is 16.3 Å². The molecule has 0 bridgehead atoms. The molecule has 3 N–H and O–H groups in total. The van der Waals surface area contributed by atoms with E-state index in [0.717, 1.165) is 6.07 Å². The summed E-state index contributed by atoms with van der Waals surface area (Å²) in [6.07, 6.45) is -4.64. The summed E-state index contributed by atoms with van der Waals surface area (Å²) in [6.45, 7) is 0. The van der Waals surface area contributed by atoms with E-state index in [9.17, 15) is 21.6 Å². The molecule has 0 aliphatic heterocycles. The first-order valence-corrected chi connectivity index (χ1v) is 9.52. The van der Waals surface area contributed by atoms with E-state index in [2.05, 4.69) is 14.7 Å². The molecule has 0 saturated heterocycles. The second-order valence-corrected chi connectivity index (χ2v) is 7.61. The second kappa shape index (κ2) is 7.28. The summed E-state index contributed by atoms with van der Waals surface area (Å²) in [6, 6.07) is 11.2. The number of nitrogen functional groups attached to an aromatic ring is 1. The van der Waals surface area contributed by atoms with Crippen molar-refractivity contribution in [1.82, 2.24) is 9.97 Å². The standard InChI is InChI=1S/C17H12ClF3N4O2S/c18-12-8-9-14(25-28(26,27)15-7-3-6-13(22)23-15)24-16(12)10-4-1-2-5-11(10)17(19,20)21/h1-9H,(H2,22,23)(H,24,25). The van der Waals surface area contributed by atoms with Crippen molar-refractivity contribution in [3.8, 4) is 11.3 Å². The van der Waals surface area contributed by atoms with Gasteiger partial charge in [0.25, 0.3) is 10.0 Å². The van der Waals surface area contributed by atoms with Crippen LogP contribution in [0.5, 0.6) is 0 Å². The summed E-state index contributed by atoms with van der Waals surface area (Å²) >= 11 is 6.03. The monoisotopic (exact) mass is 428 g/mol. The van der Waals surface area contributed by atoms with Crippen LogP contribution < -0.4 is 10.5 Å². The number of nitrogens with one attached hydrogen (secondary N) is 1. The van der Waals surface area contributed by atoms with Crippen molar-refractivity contribution in [2.24, 2.45) is 0 Å². The lowest BCUT2D eigenvalue weighted by Crippen LogP contribution is -2.16. The molecule has 0 radical (unpaired) electrons. The molecule has 0 saturated carbocycles. The molecule has 1 aromatic carbocycles. The molecule has 0 unspecified atom stereocenters. The zero-order valence-corrected chi connectivity index (χ0v) is 15.5. The summed E-state index contributed by atoms with van der Waals surface area (Å²) in [4.78, 5) is 7.68. The SMILES string of the molecule is Nc1cccc(S(=O)(=O)Nc2ccc(Cl)c(-c3ccccc3C(F)(F)F)n2)n1. The van der Waals surface area contributed by atoms with Crippen molar-refractivity contribution < 1.29 is 21.6 Å². The van der Waals surface area contributed by atoms with Crippen molar-refractivity contribution in [3.05, 3.63) is 65.2 Å². The number of hydrogen-bond donors (Lipinski definition) is 2. The van der Waals surface area contributed by atoms with Gasteiger partial charge in [-0.05, 0) is 30.3 Å². The van der Waals surface area contributed by atoms with E-state index in [0.29, 0.717) is 0 Å². The molecule has 0 aliphatic carbocycles. The first-order valence-electron chi connectivity index (χ1n) is 7.66. The lowest BCUT2D eigenvalue weighted by Gasteiger charge is -2.14. The van der Waals surface area contributed by atoms with Crippen molar-refractivity contribution in [2.45, 2.75) is 11.2 Å². The molecule has 0 amide bonds. The number of aromatic nitrogens is 2. The molecule has 11 heteroatoms. The fourth-order valence-corrected chi connectivity index (χ4v) is 3.58. The molecule has 2 heterocycles. The first-order chi connectivity index (χ1) is 13.1. The number of nitrogens with zero attached hydrogens (tertiary/aromatic N) is 2. The Labute approximate surface area is 163 Å². The average Bonchev–Trinajstić information content (AvgIpc) is 2.62. The van der Waals surface area contributed by atoms with Crippen LogP contribution in [-0.4, -0.2) is 18.4 Å². The molecular weight excluding hydrogens is 417 g/mol. The molecule has 3 rings (SSSR count). The fourth-order valence-electron chi connectivity index (χ4n) is 2.40. The van der Waals surface area contributed by atoms with Gasteiger partial charge in [0.15, 0.2) is 5.03 Å². The van der Waals surface area contributed by atoms with Crippen molar-refractivity contribution in [3.63, 3.8) is 0 Å². The Morgan fingerprint density at radius 3 is 2.36 bits per heavy atom. The third kappa shape index (κ3) is 4.18. The molecule has 0 aliphatic rings. The maximum Gasteiger partial charge on any atom is 0.417 e. The van der Waals surface area contributed by atoms with Gasteiger partial charge in [-0.2, -0.15) is 21.6 Å².